The van der Waals surface area contributed by atoms with Crippen LogP contribution >= 0.6 is 11.6 Å². The Labute approximate surface area is 86.7 Å². The van der Waals surface area contributed by atoms with Crippen molar-refractivity contribution in [2.24, 2.45) is 10.9 Å². The topological polar surface area (TPSA) is 67.5 Å². The number of nitrogens with two attached hydrogens (primary N) is 1. The molecule has 5 heteroatoms. The maximum Gasteiger partial charge on any atom is 0.229 e. The molecule has 3 N–H and O–H groups in total. The first-order valence-electron chi connectivity index (χ1n) is 3.98. The lowest BCUT2D eigenvalue weighted by Gasteiger charge is -1.99. The Balaban J connectivity index is 2.52. The highest BCUT2D eigenvalue weighted by molar-refractivity contribution is 6.30. The molecule has 4 nitrogen and oxygen atoms in total. The summed E-state index contributed by atoms with van der Waals surface area (Å²) in [7, 11) is 0. The molecule has 1 aromatic rings. The molecule has 1 rings (SSSR count). The molecular formula is C9H10ClN3O. The van der Waals surface area contributed by atoms with Crippen LogP contribution in [-0.2, 0) is 11.2 Å². The maximum absolute atomic E-state index is 11.2. The van der Waals surface area contributed by atoms with E-state index in [2.05, 4.69) is 10.4 Å². The fourth-order valence-electron chi connectivity index (χ4n) is 0.948. The smallest absolute Gasteiger partial charge is 0.229 e. The third-order valence-electron chi connectivity index (χ3n) is 1.58. The minimum Gasteiger partial charge on any atom is -0.322 e. The Bertz CT molecular complexity index is 334. The molecule has 0 aliphatic rings. The molecule has 0 fully saturated rings. The van der Waals surface area contributed by atoms with E-state index in [1.165, 1.54) is 0 Å². The monoisotopic (exact) mass is 211 g/mol. The molecule has 0 unspecified atom stereocenters. The van der Waals surface area contributed by atoms with E-state index in [9.17, 15) is 4.79 Å². The standard InChI is InChI=1S/C9H10ClN3O/c10-8-3-1-7(2-4-8)5-9(14)12-6-13-11/h1-4,6H,5,11H2,(H,12,13,14). The lowest BCUT2D eigenvalue weighted by molar-refractivity contribution is -0.118. The van der Waals surface area contributed by atoms with Gasteiger partial charge >= 0.3 is 0 Å². The van der Waals surface area contributed by atoms with Gasteiger partial charge in [-0.3, -0.25) is 4.79 Å². The highest BCUT2D eigenvalue weighted by atomic mass is 35.5. The number of nitrogens with one attached hydrogen (secondary N) is 1. The van der Waals surface area contributed by atoms with Crippen LogP contribution in [0.4, 0.5) is 0 Å². The van der Waals surface area contributed by atoms with Crippen molar-refractivity contribution in [3.8, 4) is 0 Å². The second-order valence-electron chi connectivity index (χ2n) is 2.65. The van der Waals surface area contributed by atoms with Gasteiger partial charge in [0.25, 0.3) is 0 Å². The van der Waals surface area contributed by atoms with Crippen LogP contribution in [-0.4, -0.2) is 12.2 Å². The molecular weight excluding hydrogens is 202 g/mol. The summed E-state index contributed by atoms with van der Waals surface area (Å²) in [5.41, 5.74) is 0.886. The summed E-state index contributed by atoms with van der Waals surface area (Å²) in [6.07, 6.45) is 1.43. The SMILES string of the molecule is NN=CNC(=O)Cc1ccc(Cl)cc1. The van der Waals surface area contributed by atoms with Gasteiger partial charge in [-0.15, -0.1) is 0 Å². The van der Waals surface area contributed by atoms with Gasteiger partial charge in [-0.05, 0) is 17.7 Å². The Kier molecular flexibility index (Phi) is 3.94. The summed E-state index contributed by atoms with van der Waals surface area (Å²) in [4.78, 5) is 11.2. The number of amides is 1. The van der Waals surface area contributed by atoms with E-state index in [1.54, 1.807) is 24.3 Å². The van der Waals surface area contributed by atoms with Gasteiger partial charge in [0.1, 0.15) is 6.34 Å². The van der Waals surface area contributed by atoms with Gasteiger partial charge in [0.2, 0.25) is 5.91 Å². The van der Waals surface area contributed by atoms with E-state index in [1.807, 2.05) is 0 Å². The van der Waals surface area contributed by atoms with Crippen molar-refractivity contribution in [2.75, 3.05) is 0 Å². The highest BCUT2D eigenvalue weighted by Gasteiger charge is 2.00. The van der Waals surface area contributed by atoms with Gasteiger partial charge in [-0.1, -0.05) is 23.7 Å². The average Bonchev–Trinajstić information content (AvgIpc) is 2.18. The van der Waals surface area contributed by atoms with Gasteiger partial charge in [0.15, 0.2) is 0 Å². The number of benzene rings is 1. The van der Waals surface area contributed by atoms with Crippen molar-refractivity contribution in [3.63, 3.8) is 0 Å². The summed E-state index contributed by atoms with van der Waals surface area (Å²) < 4.78 is 0. The van der Waals surface area contributed by atoms with E-state index >= 15 is 0 Å². The molecule has 0 radical (unpaired) electrons. The molecule has 0 bridgehead atoms. The second-order valence-corrected chi connectivity index (χ2v) is 3.09. The number of hydrazone groups is 1. The number of carbonyl (C=O) groups is 1. The molecule has 14 heavy (non-hydrogen) atoms. The van der Waals surface area contributed by atoms with E-state index in [-0.39, 0.29) is 12.3 Å². The maximum atomic E-state index is 11.2. The zero-order valence-corrected chi connectivity index (χ0v) is 8.16. The number of carbonyl (C=O) groups excluding carboxylic acids is 1. The lowest BCUT2D eigenvalue weighted by atomic mass is 10.1. The van der Waals surface area contributed by atoms with E-state index in [4.69, 9.17) is 17.4 Å². The van der Waals surface area contributed by atoms with Gasteiger partial charge in [0.05, 0.1) is 6.42 Å². The summed E-state index contributed by atoms with van der Waals surface area (Å²) >= 11 is 5.69. The van der Waals surface area contributed by atoms with E-state index in [0.29, 0.717) is 5.02 Å². The molecule has 1 aromatic carbocycles. The first-order chi connectivity index (χ1) is 6.72. The van der Waals surface area contributed by atoms with E-state index < -0.39 is 0 Å². The number of hydrogen-bond acceptors (Lipinski definition) is 3. The van der Waals surface area contributed by atoms with Gasteiger partial charge < -0.3 is 11.2 Å². The van der Waals surface area contributed by atoms with Crippen molar-refractivity contribution in [1.29, 1.82) is 0 Å². The van der Waals surface area contributed by atoms with Gasteiger partial charge in [0, 0.05) is 5.02 Å². The largest absolute Gasteiger partial charge is 0.322 e. The van der Waals surface area contributed by atoms with Crippen LogP contribution in [0.2, 0.25) is 5.02 Å². The molecule has 74 valence electrons. The summed E-state index contributed by atoms with van der Waals surface area (Å²) in [5.74, 6) is 4.66. The molecule has 0 saturated heterocycles. The molecule has 0 atom stereocenters. The second kappa shape index (κ2) is 5.24. The molecule has 0 aromatic heterocycles. The minimum atomic E-state index is -0.165. The average molecular weight is 212 g/mol. The Morgan fingerprint density at radius 1 is 1.50 bits per heavy atom. The van der Waals surface area contributed by atoms with Crippen LogP contribution in [0.1, 0.15) is 5.56 Å². The fourth-order valence-corrected chi connectivity index (χ4v) is 1.07. The Morgan fingerprint density at radius 3 is 2.71 bits per heavy atom. The van der Waals surface area contributed by atoms with Crippen molar-refractivity contribution in [1.82, 2.24) is 5.32 Å². The molecule has 0 aliphatic heterocycles. The number of rotatable bonds is 3. The van der Waals surface area contributed by atoms with E-state index in [0.717, 1.165) is 11.9 Å². The van der Waals surface area contributed by atoms with Crippen LogP contribution in [0.3, 0.4) is 0 Å². The molecule has 1 amide bonds. The minimum absolute atomic E-state index is 0.165. The summed E-state index contributed by atoms with van der Waals surface area (Å²) in [6.45, 7) is 0. The predicted molar refractivity (Wildman–Crippen MR) is 56.0 cm³/mol. The Morgan fingerprint density at radius 2 is 2.14 bits per heavy atom. The summed E-state index contributed by atoms with van der Waals surface area (Å²) in [5, 5.41) is 6.21. The number of halogens is 1. The first kappa shape index (κ1) is 10.5. The lowest BCUT2D eigenvalue weighted by Crippen LogP contribution is -2.23. The molecule has 0 saturated carbocycles. The van der Waals surface area contributed by atoms with Gasteiger partial charge in [-0.25, -0.2) is 0 Å². The van der Waals surface area contributed by atoms with Crippen molar-refractivity contribution in [2.45, 2.75) is 6.42 Å². The molecule has 0 spiro atoms. The first-order valence-corrected chi connectivity index (χ1v) is 4.35. The quantitative estimate of drug-likeness (QED) is 0.338. The summed E-state index contributed by atoms with van der Waals surface area (Å²) in [6, 6.07) is 7.06. The Hall–Kier alpha value is -1.55. The highest BCUT2D eigenvalue weighted by Crippen LogP contribution is 2.09. The molecule has 0 heterocycles. The third kappa shape index (κ3) is 3.45. The van der Waals surface area contributed by atoms with Crippen molar-refractivity contribution >= 4 is 23.8 Å². The zero-order valence-electron chi connectivity index (χ0n) is 7.40. The fraction of sp³-hybridized carbons (Fsp3) is 0.111. The van der Waals surface area contributed by atoms with Crippen LogP contribution in [0.25, 0.3) is 0 Å². The van der Waals surface area contributed by atoms with Crippen molar-refractivity contribution in [3.05, 3.63) is 34.9 Å². The third-order valence-corrected chi connectivity index (χ3v) is 1.83. The molecule has 0 aliphatic carbocycles. The zero-order chi connectivity index (χ0) is 10.4. The van der Waals surface area contributed by atoms with Gasteiger partial charge in [-0.2, -0.15) is 5.10 Å². The van der Waals surface area contributed by atoms with Crippen LogP contribution in [0.15, 0.2) is 29.4 Å². The number of nitrogens with zero attached hydrogens (tertiary/aromatic N) is 1. The van der Waals surface area contributed by atoms with Crippen molar-refractivity contribution < 1.29 is 4.79 Å². The predicted octanol–water partition coefficient (Wildman–Crippen LogP) is 0.901. The van der Waals surface area contributed by atoms with Crippen LogP contribution in [0, 0.1) is 0 Å². The normalized spacial score (nSPS) is 10.4. The van der Waals surface area contributed by atoms with Crippen LogP contribution < -0.4 is 11.2 Å². The number of hydrogen-bond donors (Lipinski definition) is 2. The van der Waals surface area contributed by atoms with Crippen LogP contribution in [0.5, 0.6) is 0 Å².